The van der Waals surface area contributed by atoms with Gasteiger partial charge >= 0.3 is 0 Å². The maximum Gasteiger partial charge on any atom is 0.244 e. The van der Waals surface area contributed by atoms with Crippen LogP contribution in [0.4, 0.5) is 5.69 Å². The van der Waals surface area contributed by atoms with Crippen molar-refractivity contribution in [2.75, 3.05) is 11.9 Å². The van der Waals surface area contributed by atoms with Crippen LogP contribution < -0.4 is 10.2 Å². The van der Waals surface area contributed by atoms with Gasteiger partial charge in [0.05, 0.1) is 6.04 Å². The van der Waals surface area contributed by atoms with Crippen molar-refractivity contribution in [1.82, 2.24) is 10.3 Å². The van der Waals surface area contributed by atoms with Crippen molar-refractivity contribution in [3.63, 3.8) is 0 Å². The van der Waals surface area contributed by atoms with E-state index in [0.717, 1.165) is 12.1 Å². The van der Waals surface area contributed by atoms with E-state index in [0.29, 0.717) is 17.9 Å². The Morgan fingerprint density at radius 3 is 2.72 bits per heavy atom. The molecule has 3 rings (SSSR count). The molecule has 1 saturated carbocycles. The molecule has 0 radical (unpaired) electrons. The number of pyridine rings is 1. The molecule has 2 aliphatic rings. The number of anilines is 1. The van der Waals surface area contributed by atoms with Gasteiger partial charge in [0.15, 0.2) is 0 Å². The Balaban J connectivity index is 1.96. The standard InChI is InChI=1S/C14H19N3O/c1-9-12-7-10(12)8-13(15-2)14(18)17(9)11-3-5-16-6-4-11/h3-6,9-10,12-13,15H,7-8H2,1-2H3. The molecule has 96 valence electrons. The van der Waals surface area contributed by atoms with E-state index in [-0.39, 0.29) is 11.9 Å². The summed E-state index contributed by atoms with van der Waals surface area (Å²) in [4.78, 5) is 18.6. The number of nitrogens with one attached hydrogen (secondary N) is 1. The molecule has 0 aromatic carbocycles. The second kappa shape index (κ2) is 4.35. The molecular formula is C14H19N3O. The van der Waals surface area contributed by atoms with E-state index in [1.165, 1.54) is 6.42 Å². The Morgan fingerprint density at radius 2 is 2.06 bits per heavy atom. The third-order valence-corrected chi connectivity index (χ3v) is 4.37. The number of carbonyl (C=O) groups excluding carboxylic acids is 1. The van der Waals surface area contributed by atoms with Crippen LogP contribution >= 0.6 is 0 Å². The monoisotopic (exact) mass is 245 g/mol. The lowest BCUT2D eigenvalue weighted by atomic mass is 10.1. The molecule has 4 heteroatoms. The first kappa shape index (κ1) is 11.7. The summed E-state index contributed by atoms with van der Waals surface area (Å²) in [5.41, 5.74) is 0.968. The van der Waals surface area contributed by atoms with Gasteiger partial charge in [0.25, 0.3) is 0 Å². The third-order valence-electron chi connectivity index (χ3n) is 4.37. The van der Waals surface area contributed by atoms with E-state index in [9.17, 15) is 4.79 Å². The van der Waals surface area contributed by atoms with E-state index in [2.05, 4.69) is 17.2 Å². The summed E-state index contributed by atoms with van der Waals surface area (Å²) in [5, 5.41) is 3.16. The van der Waals surface area contributed by atoms with Crippen LogP contribution in [0.2, 0.25) is 0 Å². The summed E-state index contributed by atoms with van der Waals surface area (Å²) < 4.78 is 0. The number of amides is 1. The van der Waals surface area contributed by atoms with Gasteiger partial charge in [0.2, 0.25) is 5.91 Å². The molecular weight excluding hydrogens is 226 g/mol. The van der Waals surface area contributed by atoms with Gasteiger partial charge in [-0.1, -0.05) is 0 Å². The van der Waals surface area contributed by atoms with Crippen molar-refractivity contribution in [3.05, 3.63) is 24.5 Å². The number of carbonyl (C=O) groups is 1. The molecule has 4 nitrogen and oxygen atoms in total. The predicted molar refractivity (Wildman–Crippen MR) is 70.2 cm³/mol. The van der Waals surface area contributed by atoms with Crippen LogP contribution in [0.1, 0.15) is 19.8 Å². The van der Waals surface area contributed by atoms with Crippen molar-refractivity contribution in [2.24, 2.45) is 11.8 Å². The number of likely N-dealkylation sites (N-methyl/N-ethyl adjacent to an activating group) is 1. The maximum atomic E-state index is 12.6. The van der Waals surface area contributed by atoms with Crippen molar-refractivity contribution >= 4 is 11.6 Å². The average Bonchev–Trinajstić information content (AvgIpc) is 3.16. The molecule has 2 heterocycles. The first-order valence-electron chi connectivity index (χ1n) is 6.62. The SMILES string of the molecule is CNC1CC2CC2C(C)N(c2ccncc2)C1=O. The molecule has 1 aliphatic carbocycles. The summed E-state index contributed by atoms with van der Waals surface area (Å²) in [6, 6.07) is 4.09. The largest absolute Gasteiger partial charge is 0.309 e. The van der Waals surface area contributed by atoms with E-state index in [1.807, 2.05) is 24.1 Å². The number of nitrogens with zero attached hydrogens (tertiary/aromatic N) is 2. The Hall–Kier alpha value is -1.42. The van der Waals surface area contributed by atoms with E-state index < -0.39 is 0 Å². The summed E-state index contributed by atoms with van der Waals surface area (Å²) in [7, 11) is 1.88. The minimum absolute atomic E-state index is 0.0434. The zero-order valence-corrected chi connectivity index (χ0v) is 10.8. The Bertz CT molecular complexity index is 448. The fraction of sp³-hybridized carbons (Fsp3) is 0.571. The van der Waals surface area contributed by atoms with Crippen LogP contribution in [-0.2, 0) is 4.79 Å². The highest BCUT2D eigenvalue weighted by atomic mass is 16.2. The summed E-state index contributed by atoms with van der Waals surface area (Å²) in [6.07, 6.45) is 5.73. The minimum Gasteiger partial charge on any atom is -0.309 e. The molecule has 18 heavy (non-hydrogen) atoms. The zero-order valence-electron chi connectivity index (χ0n) is 10.8. The first-order valence-corrected chi connectivity index (χ1v) is 6.62. The van der Waals surface area contributed by atoms with Gasteiger partial charge in [-0.3, -0.25) is 9.78 Å². The van der Waals surface area contributed by atoms with Crippen molar-refractivity contribution < 1.29 is 4.79 Å². The topological polar surface area (TPSA) is 45.2 Å². The van der Waals surface area contributed by atoms with E-state index in [1.54, 1.807) is 12.4 Å². The van der Waals surface area contributed by atoms with Crippen LogP contribution in [0.25, 0.3) is 0 Å². The van der Waals surface area contributed by atoms with E-state index >= 15 is 0 Å². The maximum absolute atomic E-state index is 12.6. The van der Waals surface area contributed by atoms with Gasteiger partial charge in [-0.25, -0.2) is 0 Å². The summed E-state index contributed by atoms with van der Waals surface area (Å²) in [5.74, 6) is 1.58. The van der Waals surface area contributed by atoms with Gasteiger partial charge in [0.1, 0.15) is 0 Å². The normalized spacial score (nSPS) is 35.0. The van der Waals surface area contributed by atoms with Crippen LogP contribution in [0.5, 0.6) is 0 Å². The zero-order chi connectivity index (χ0) is 12.7. The Kier molecular flexibility index (Phi) is 2.82. The molecule has 1 aromatic rings. The van der Waals surface area contributed by atoms with Gasteiger partial charge in [-0.2, -0.15) is 0 Å². The van der Waals surface area contributed by atoms with Gasteiger partial charge in [-0.15, -0.1) is 0 Å². The molecule has 2 fully saturated rings. The summed E-state index contributed by atoms with van der Waals surface area (Å²) >= 11 is 0. The van der Waals surface area contributed by atoms with Gasteiger partial charge < -0.3 is 10.2 Å². The number of fused-ring (bicyclic) bond motifs is 1. The van der Waals surface area contributed by atoms with Crippen LogP contribution in [0.15, 0.2) is 24.5 Å². The van der Waals surface area contributed by atoms with Crippen LogP contribution in [-0.4, -0.2) is 30.0 Å². The highest BCUT2D eigenvalue weighted by Crippen LogP contribution is 2.48. The van der Waals surface area contributed by atoms with Crippen LogP contribution in [0, 0.1) is 11.8 Å². The molecule has 4 atom stereocenters. The van der Waals surface area contributed by atoms with Crippen LogP contribution in [0.3, 0.4) is 0 Å². The molecule has 1 saturated heterocycles. The molecule has 1 aromatic heterocycles. The molecule has 1 amide bonds. The lowest BCUT2D eigenvalue weighted by molar-refractivity contribution is -0.120. The molecule has 0 bridgehead atoms. The molecule has 4 unspecified atom stereocenters. The van der Waals surface area contributed by atoms with Crippen molar-refractivity contribution in [1.29, 1.82) is 0 Å². The van der Waals surface area contributed by atoms with Crippen molar-refractivity contribution in [3.8, 4) is 0 Å². The predicted octanol–water partition coefficient (Wildman–Crippen LogP) is 1.43. The Labute approximate surface area is 107 Å². The molecule has 1 aliphatic heterocycles. The number of rotatable bonds is 2. The number of hydrogen-bond donors (Lipinski definition) is 1. The average molecular weight is 245 g/mol. The fourth-order valence-corrected chi connectivity index (χ4v) is 3.20. The van der Waals surface area contributed by atoms with Gasteiger partial charge in [0, 0.05) is 24.1 Å². The quantitative estimate of drug-likeness (QED) is 0.857. The molecule has 0 spiro atoms. The Morgan fingerprint density at radius 1 is 1.33 bits per heavy atom. The fourth-order valence-electron chi connectivity index (χ4n) is 3.20. The second-order valence-corrected chi connectivity index (χ2v) is 5.39. The number of hydrogen-bond acceptors (Lipinski definition) is 3. The molecule has 1 N–H and O–H groups in total. The summed E-state index contributed by atoms with van der Waals surface area (Å²) in [6.45, 7) is 2.17. The highest BCUT2D eigenvalue weighted by Gasteiger charge is 2.49. The third kappa shape index (κ3) is 1.81. The number of aromatic nitrogens is 1. The smallest absolute Gasteiger partial charge is 0.244 e. The minimum atomic E-state index is -0.0434. The van der Waals surface area contributed by atoms with Gasteiger partial charge in [-0.05, 0) is 50.8 Å². The lowest BCUT2D eigenvalue weighted by Crippen LogP contribution is -2.48. The van der Waals surface area contributed by atoms with E-state index in [4.69, 9.17) is 0 Å². The second-order valence-electron chi connectivity index (χ2n) is 5.39. The van der Waals surface area contributed by atoms with Crippen molar-refractivity contribution in [2.45, 2.75) is 31.8 Å². The highest BCUT2D eigenvalue weighted by molar-refractivity contribution is 5.98. The lowest BCUT2D eigenvalue weighted by Gasteiger charge is -2.30. The first-order chi connectivity index (χ1) is 8.72.